The first kappa shape index (κ1) is 37.1. The van der Waals surface area contributed by atoms with Crippen LogP contribution in [0.25, 0.3) is 98.6 Å². The highest BCUT2D eigenvalue weighted by molar-refractivity contribution is 7.26. The Kier molecular flexibility index (Phi) is 8.84. The molecule has 63 heavy (non-hydrogen) atoms. The van der Waals surface area contributed by atoms with Gasteiger partial charge >= 0.3 is 0 Å². The maximum atomic E-state index is 5.38. The minimum atomic E-state index is -0.273. The molecule has 1 atom stereocenters. The highest BCUT2D eigenvalue weighted by atomic mass is 32.1. The van der Waals surface area contributed by atoms with Crippen molar-refractivity contribution >= 4 is 31.5 Å². The topological polar surface area (TPSA) is 25.8 Å². The van der Waals surface area contributed by atoms with Crippen LogP contribution >= 0.6 is 11.3 Å². The molecule has 0 fully saturated rings. The van der Waals surface area contributed by atoms with E-state index in [9.17, 15) is 0 Å². The van der Waals surface area contributed by atoms with Crippen LogP contribution in [0.2, 0.25) is 0 Å². The van der Waals surface area contributed by atoms with Gasteiger partial charge in [0, 0.05) is 42.3 Å². The highest BCUT2D eigenvalue weighted by Gasteiger charge is 2.40. The Labute approximate surface area is 371 Å². The predicted molar refractivity (Wildman–Crippen MR) is 265 cm³/mol. The van der Waals surface area contributed by atoms with Crippen LogP contribution < -0.4 is 0 Å². The van der Waals surface area contributed by atoms with Crippen LogP contribution in [0.3, 0.4) is 0 Å². The SMILES string of the molecule is CC1(c2ccccc2)c2ccccc2-c2cc(-c3cc(-c4cc(-c5ccc(-c6ccccc6)cc5)cc(-c5cccc6c5sc5ccccc56)c4)nc(-c4ccccc4)n3)ccc21. The van der Waals surface area contributed by atoms with Crippen LogP contribution in [0.4, 0.5) is 0 Å². The number of rotatable bonds is 7. The summed E-state index contributed by atoms with van der Waals surface area (Å²) in [6.45, 7) is 2.36. The first-order chi connectivity index (χ1) is 31.1. The third-order valence-corrected chi connectivity index (χ3v) is 14.2. The minimum absolute atomic E-state index is 0.273. The van der Waals surface area contributed by atoms with Gasteiger partial charge in [0.15, 0.2) is 5.82 Å². The van der Waals surface area contributed by atoms with Gasteiger partial charge < -0.3 is 0 Å². The summed E-state index contributed by atoms with van der Waals surface area (Å²) in [4.78, 5) is 10.7. The lowest BCUT2D eigenvalue weighted by atomic mass is 9.74. The Balaban J connectivity index is 1.06. The van der Waals surface area contributed by atoms with Crippen LogP contribution in [-0.2, 0) is 5.41 Å². The average molecular weight is 821 g/mol. The number of aromatic nitrogens is 2. The van der Waals surface area contributed by atoms with Crippen molar-refractivity contribution in [2.24, 2.45) is 0 Å². The Hall–Kier alpha value is -7.72. The van der Waals surface area contributed by atoms with Crippen LogP contribution in [0.1, 0.15) is 23.6 Å². The van der Waals surface area contributed by atoms with Crippen molar-refractivity contribution in [2.75, 3.05) is 0 Å². The molecule has 0 spiro atoms. The molecule has 2 heterocycles. The molecule has 0 saturated heterocycles. The molecule has 0 saturated carbocycles. The number of hydrogen-bond donors (Lipinski definition) is 0. The normalized spacial score (nSPS) is 14.2. The van der Waals surface area contributed by atoms with E-state index in [2.05, 4.69) is 225 Å². The molecule has 3 heteroatoms. The van der Waals surface area contributed by atoms with Crippen molar-refractivity contribution in [3.05, 3.63) is 241 Å². The Morgan fingerprint density at radius 3 is 1.67 bits per heavy atom. The Bertz CT molecular complexity index is 3500. The zero-order valence-electron chi connectivity index (χ0n) is 34.7. The summed E-state index contributed by atoms with van der Waals surface area (Å²) in [5, 5.41) is 2.57. The van der Waals surface area contributed by atoms with E-state index in [1.54, 1.807) is 0 Å². The van der Waals surface area contributed by atoms with Crippen molar-refractivity contribution in [2.45, 2.75) is 12.3 Å². The zero-order chi connectivity index (χ0) is 41.9. The van der Waals surface area contributed by atoms with Gasteiger partial charge in [-0.2, -0.15) is 0 Å². The number of hydrogen-bond acceptors (Lipinski definition) is 3. The molecule has 0 bridgehead atoms. The van der Waals surface area contributed by atoms with Crippen molar-refractivity contribution < 1.29 is 0 Å². The first-order valence-corrected chi connectivity index (χ1v) is 22.4. The molecule has 2 aromatic heterocycles. The highest BCUT2D eigenvalue weighted by Crippen LogP contribution is 2.53. The molecule has 0 radical (unpaired) electrons. The van der Waals surface area contributed by atoms with Crippen LogP contribution in [0.5, 0.6) is 0 Å². The quantitative estimate of drug-likeness (QED) is 0.160. The summed E-state index contributed by atoms with van der Waals surface area (Å²) in [6.07, 6.45) is 0. The van der Waals surface area contributed by atoms with E-state index in [0.717, 1.165) is 44.8 Å². The second-order valence-electron chi connectivity index (χ2n) is 16.6. The van der Waals surface area contributed by atoms with E-state index < -0.39 is 0 Å². The second-order valence-corrected chi connectivity index (χ2v) is 17.7. The number of benzene rings is 9. The van der Waals surface area contributed by atoms with E-state index >= 15 is 0 Å². The van der Waals surface area contributed by atoms with Crippen molar-refractivity contribution in [1.29, 1.82) is 0 Å². The van der Waals surface area contributed by atoms with E-state index in [1.807, 2.05) is 17.4 Å². The molecule has 1 aliphatic rings. The van der Waals surface area contributed by atoms with Gasteiger partial charge in [-0.3, -0.25) is 0 Å². The zero-order valence-corrected chi connectivity index (χ0v) is 35.5. The Morgan fingerprint density at radius 1 is 0.349 bits per heavy atom. The molecule has 1 aliphatic carbocycles. The monoisotopic (exact) mass is 820 g/mol. The van der Waals surface area contributed by atoms with Gasteiger partial charge in [-0.1, -0.05) is 188 Å². The lowest BCUT2D eigenvalue weighted by molar-refractivity contribution is 0.714. The predicted octanol–water partition coefficient (Wildman–Crippen LogP) is 16.2. The third kappa shape index (κ3) is 6.31. The first-order valence-electron chi connectivity index (χ1n) is 21.6. The van der Waals surface area contributed by atoms with Gasteiger partial charge in [0.05, 0.1) is 11.4 Å². The van der Waals surface area contributed by atoms with Crippen LogP contribution in [0, 0.1) is 0 Å². The van der Waals surface area contributed by atoms with Gasteiger partial charge in [-0.25, -0.2) is 9.97 Å². The van der Waals surface area contributed by atoms with Gasteiger partial charge in [-0.05, 0) is 105 Å². The van der Waals surface area contributed by atoms with E-state index in [0.29, 0.717) is 5.82 Å². The van der Waals surface area contributed by atoms with E-state index in [1.165, 1.54) is 64.7 Å². The van der Waals surface area contributed by atoms with Crippen molar-refractivity contribution in [1.82, 2.24) is 9.97 Å². The van der Waals surface area contributed by atoms with Crippen molar-refractivity contribution in [3.63, 3.8) is 0 Å². The summed E-state index contributed by atoms with van der Waals surface area (Å²) >= 11 is 1.86. The van der Waals surface area contributed by atoms with Crippen LogP contribution in [-0.4, -0.2) is 9.97 Å². The molecular weight excluding hydrogens is 781 g/mol. The molecule has 0 amide bonds. The van der Waals surface area contributed by atoms with Gasteiger partial charge in [0.2, 0.25) is 0 Å². The molecule has 1 unspecified atom stereocenters. The van der Waals surface area contributed by atoms with Gasteiger partial charge in [-0.15, -0.1) is 11.3 Å². The largest absolute Gasteiger partial charge is 0.228 e. The fourth-order valence-corrected chi connectivity index (χ4v) is 11.0. The number of thiophene rings is 1. The summed E-state index contributed by atoms with van der Waals surface area (Å²) in [6, 6.07) is 81.2. The second kappa shape index (κ2) is 15.0. The average Bonchev–Trinajstić information content (AvgIpc) is 3.87. The lowest BCUT2D eigenvalue weighted by Gasteiger charge is -2.28. The summed E-state index contributed by atoms with van der Waals surface area (Å²) in [7, 11) is 0. The molecular formula is C60H40N2S. The molecule has 11 aromatic rings. The molecule has 2 nitrogen and oxygen atoms in total. The molecule has 12 rings (SSSR count). The van der Waals surface area contributed by atoms with Gasteiger partial charge in [0.1, 0.15) is 0 Å². The Morgan fingerprint density at radius 2 is 0.889 bits per heavy atom. The van der Waals surface area contributed by atoms with E-state index in [4.69, 9.17) is 9.97 Å². The standard InChI is InChI=1S/C60H40N2S/c1-60(47-20-9-4-10-21-47)53-26-13-11-22-49(53)52-37-43(32-33-54(52)60)55-38-56(62-59(61-55)42-18-7-3-8-19-42)46-35-44(41-30-28-40(29-31-41)39-16-5-2-6-17-39)34-45(36-46)48-24-15-25-51-50-23-12-14-27-57(50)63-58(48)51/h2-38H,1H3. The smallest absolute Gasteiger partial charge is 0.160 e. The number of fused-ring (bicyclic) bond motifs is 6. The maximum Gasteiger partial charge on any atom is 0.160 e. The summed E-state index contributed by atoms with van der Waals surface area (Å²) in [5.74, 6) is 0.698. The van der Waals surface area contributed by atoms with Gasteiger partial charge in [0.25, 0.3) is 0 Å². The lowest BCUT2D eigenvalue weighted by Crippen LogP contribution is -2.22. The molecule has 296 valence electrons. The summed E-state index contributed by atoms with van der Waals surface area (Å²) < 4.78 is 2.58. The third-order valence-electron chi connectivity index (χ3n) is 13.0. The fourth-order valence-electron chi connectivity index (χ4n) is 9.76. The maximum absolute atomic E-state index is 5.38. The summed E-state index contributed by atoms with van der Waals surface area (Å²) in [5.41, 5.74) is 18.1. The van der Waals surface area contributed by atoms with Crippen molar-refractivity contribution in [3.8, 4) is 78.4 Å². The fraction of sp³-hybridized carbons (Fsp3) is 0.0333. The molecule has 9 aromatic carbocycles. The van der Waals surface area contributed by atoms with E-state index in [-0.39, 0.29) is 5.41 Å². The van der Waals surface area contributed by atoms with Crippen LogP contribution in [0.15, 0.2) is 224 Å². The number of nitrogens with zero attached hydrogens (tertiary/aromatic N) is 2. The molecule has 0 N–H and O–H groups in total. The minimum Gasteiger partial charge on any atom is -0.228 e. The molecule has 0 aliphatic heterocycles.